The number of hydrogen-bond donors (Lipinski definition) is 3. The summed E-state index contributed by atoms with van der Waals surface area (Å²) < 4.78 is 10.6. The van der Waals surface area contributed by atoms with E-state index >= 15 is 0 Å². The fourth-order valence-electron chi connectivity index (χ4n) is 2.47. The van der Waals surface area contributed by atoms with Crippen molar-refractivity contribution in [2.24, 2.45) is 16.8 Å². The molecule has 6 nitrogen and oxygen atoms in total. The summed E-state index contributed by atoms with van der Waals surface area (Å²) in [5.74, 6) is 1.33. The monoisotopic (exact) mass is 293 g/mol. The van der Waals surface area contributed by atoms with E-state index in [-0.39, 0.29) is 5.84 Å². The van der Waals surface area contributed by atoms with Crippen molar-refractivity contribution < 1.29 is 14.7 Å². The maximum atomic E-state index is 8.81. The Labute approximate surface area is 124 Å². The lowest BCUT2D eigenvalue weighted by molar-refractivity contribution is 0.184. The zero-order chi connectivity index (χ0) is 15.1. The summed E-state index contributed by atoms with van der Waals surface area (Å²) in [5.41, 5.74) is 7.33. The Morgan fingerprint density at radius 3 is 3.10 bits per heavy atom. The largest absolute Gasteiger partial charge is 0.496 e. The van der Waals surface area contributed by atoms with E-state index in [0.29, 0.717) is 17.2 Å². The van der Waals surface area contributed by atoms with Crippen LogP contribution in [0.1, 0.15) is 24.0 Å². The first kappa shape index (κ1) is 15.6. The highest BCUT2D eigenvalue weighted by Crippen LogP contribution is 2.20. The molecule has 0 saturated carbocycles. The number of methoxy groups -OCH3 is 1. The highest BCUT2D eigenvalue weighted by atomic mass is 16.5. The van der Waals surface area contributed by atoms with Crippen molar-refractivity contribution in [3.05, 3.63) is 29.3 Å². The predicted molar refractivity (Wildman–Crippen MR) is 80.8 cm³/mol. The van der Waals surface area contributed by atoms with Crippen molar-refractivity contribution in [1.82, 2.24) is 5.32 Å². The van der Waals surface area contributed by atoms with Gasteiger partial charge in [0.25, 0.3) is 0 Å². The normalized spacial score (nSPS) is 18.9. The SMILES string of the molecule is COc1ccc(CNCCC2CCOC2)cc1/C(N)=N/O. The van der Waals surface area contributed by atoms with Crippen molar-refractivity contribution in [3.8, 4) is 5.75 Å². The number of rotatable bonds is 7. The van der Waals surface area contributed by atoms with Crippen LogP contribution in [0.25, 0.3) is 0 Å². The van der Waals surface area contributed by atoms with Gasteiger partial charge in [0.2, 0.25) is 0 Å². The Morgan fingerprint density at radius 2 is 2.43 bits per heavy atom. The van der Waals surface area contributed by atoms with Crippen molar-refractivity contribution in [3.63, 3.8) is 0 Å². The second kappa shape index (κ2) is 7.85. The van der Waals surface area contributed by atoms with Gasteiger partial charge in [-0.3, -0.25) is 0 Å². The molecule has 1 unspecified atom stereocenters. The Morgan fingerprint density at radius 1 is 1.57 bits per heavy atom. The molecule has 1 atom stereocenters. The molecular formula is C15H23N3O3. The summed E-state index contributed by atoms with van der Waals surface area (Å²) in [6, 6.07) is 5.67. The molecule has 0 spiro atoms. The van der Waals surface area contributed by atoms with E-state index in [1.807, 2.05) is 18.2 Å². The molecule has 6 heteroatoms. The van der Waals surface area contributed by atoms with Gasteiger partial charge in [-0.2, -0.15) is 0 Å². The third-order valence-corrected chi connectivity index (χ3v) is 3.73. The third-order valence-electron chi connectivity index (χ3n) is 3.73. The second-order valence-electron chi connectivity index (χ2n) is 5.21. The summed E-state index contributed by atoms with van der Waals surface area (Å²) in [4.78, 5) is 0. The first-order chi connectivity index (χ1) is 10.2. The molecule has 0 aromatic heterocycles. The first-order valence-electron chi connectivity index (χ1n) is 7.18. The average Bonchev–Trinajstić information content (AvgIpc) is 3.04. The number of ether oxygens (including phenoxy) is 2. The maximum absolute atomic E-state index is 8.81. The molecule has 0 bridgehead atoms. The van der Waals surface area contributed by atoms with Crippen LogP contribution in [0.2, 0.25) is 0 Å². The van der Waals surface area contributed by atoms with Crippen molar-refractivity contribution >= 4 is 5.84 Å². The van der Waals surface area contributed by atoms with E-state index in [4.69, 9.17) is 20.4 Å². The van der Waals surface area contributed by atoms with Gasteiger partial charge in [0.1, 0.15) is 5.75 Å². The van der Waals surface area contributed by atoms with Crippen LogP contribution in [0.4, 0.5) is 0 Å². The molecule has 4 N–H and O–H groups in total. The third kappa shape index (κ3) is 4.34. The lowest BCUT2D eigenvalue weighted by Crippen LogP contribution is -2.19. The molecule has 1 aromatic carbocycles. The van der Waals surface area contributed by atoms with Crippen LogP contribution in [-0.4, -0.2) is 37.9 Å². The molecule has 0 aliphatic carbocycles. The van der Waals surface area contributed by atoms with Crippen molar-refractivity contribution in [2.45, 2.75) is 19.4 Å². The van der Waals surface area contributed by atoms with Crippen LogP contribution in [0, 0.1) is 5.92 Å². The van der Waals surface area contributed by atoms with Crippen LogP contribution < -0.4 is 15.8 Å². The summed E-state index contributed by atoms with van der Waals surface area (Å²) in [7, 11) is 1.56. The van der Waals surface area contributed by atoms with Crippen LogP contribution >= 0.6 is 0 Å². The minimum atomic E-state index is 0.0526. The van der Waals surface area contributed by atoms with Gasteiger partial charge in [0, 0.05) is 19.8 Å². The number of hydrogen-bond acceptors (Lipinski definition) is 5. The minimum Gasteiger partial charge on any atom is -0.496 e. The molecule has 0 amide bonds. The zero-order valence-corrected chi connectivity index (χ0v) is 12.3. The zero-order valence-electron chi connectivity index (χ0n) is 12.3. The molecule has 1 aromatic rings. The molecule has 116 valence electrons. The van der Waals surface area contributed by atoms with Crippen LogP contribution in [0.5, 0.6) is 5.75 Å². The number of nitrogens with zero attached hydrogens (tertiary/aromatic N) is 1. The van der Waals surface area contributed by atoms with Gasteiger partial charge in [-0.05, 0) is 43.0 Å². The van der Waals surface area contributed by atoms with Gasteiger partial charge in [0.05, 0.1) is 12.7 Å². The topological polar surface area (TPSA) is 89.1 Å². The van der Waals surface area contributed by atoms with Crippen LogP contribution in [-0.2, 0) is 11.3 Å². The number of nitrogens with one attached hydrogen (secondary N) is 1. The van der Waals surface area contributed by atoms with Gasteiger partial charge < -0.3 is 25.7 Å². The Hall–Kier alpha value is -1.79. The molecule has 21 heavy (non-hydrogen) atoms. The van der Waals surface area contributed by atoms with E-state index in [2.05, 4.69) is 10.5 Å². The molecule has 0 radical (unpaired) electrons. The summed E-state index contributed by atoms with van der Waals surface area (Å²) in [5, 5.41) is 15.3. The van der Waals surface area contributed by atoms with E-state index in [9.17, 15) is 0 Å². The quantitative estimate of drug-likeness (QED) is 0.232. The first-order valence-corrected chi connectivity index (χ1v) is 7.18. The number of amidine groups is 1. The van der Waals surface area contributed by atoms with E-state index in [1.165, 1.54) is 0 Å². The van der Waals surface area contributed by atoms with Gasteiger partial charge in [-0.25, -0.2) is 0 Å². The van der Waals surface area contributed by atoms with Gasteiger partial charge in [-0.1, -0.05) is 11.2 Å². The fourth-order valence-corrected chi connectivity index (χ4v) is 2.47. The van der Waals surface area contributed by atoms with Gasteiger partial charge in [-0.15, -0.1) is 0 Å². The highest BCUT2D eigenvalue weighted by molar-refractivity contribution is 5.99. The molecular weight excluding hydrogens is 270 g/mol. The molecule has 2 rings (SSSR count). The average molecular weight is 293 g/mol. The lowest BCUT2D eigenvalue weighted by Gasteiger charge is -2.11. The molecule has 1 heterocycles. The second-order valence-corrected chi connectivity index (χ2v) is 5.21. The van der Waals surface area contributed by atoms with Crippen molar-refractivity contribution in [1.29, 1.82) is 0 Å². The number of benzene rings is 1. The number of oxime groups is 1. The molecule has 1 saturated heterocycles. The van der Waals surface area contributed by atoms with E-state index in [1.54, 1.807) is 7.11 Å². The van der Waals surface area contributed by atoms with E-state index in [0.717, 1.165) is 44.7 Å². The maximum Gasteiger partial charge on any atom is 0.173 e. The Balaban J connectivity index is 1.87. The summed E-state index contributed by atoms with van der Waals surface area (Å²) >= 11 is 0. The van der Waals surface area contributed by atoms with Gasteiger partial charge >= 0.3 is 0 Å². The molecule has 1 fully saturated rings. The predicted octanol–water partition coefficient (Wildman–Crippen LogP) is 1.31. The van der Waals surface area contributed by atoms with Gasteiger partial charge in [0.15, 0.2) is 5.84 Å². The van der Waals surface area contributed by atoms with Crippen LogP contribution in [0.15, 0.2) is 23.4 Å². The smallest absolute Gasteiger partial charge is 0.173 e. The van der Waals surface area contributed by atoms with Crippen LogP contribution in [0.3, 0.4) is 0 Å². The standard InChI is InChI=1S/C15H23N3O3/c1-20-14-3-2-12(8-13(14)15(16)18-19)9-17-6-4-11-5-7-21-10-11/h2-3,8,11,17,19H,4-7,9-10H2,1H3,(H2,16,18). The summed E-state index contributed by atoms with van der Waals surface area (Å²) in [6.45, 7) is 3.48. The van der Waals surface area contributed by atoms with E-state index < -0.39 is 0 Å². The molecule has 1 aliphatic heterocycles. The fraction of sp³-hybridized carbons (Fsp3) is 0.533. The molecule has 1 aliphatic rings. The Bertz CT molecular complexity index is 485. The Kier molecular flexibility index (Phi) is 5.83. The highest BCUT2D eigenvalue weighted by Gasteiger charge is 2.14. The van der Waals surface area contributed by atoms with Crippen molar-refractivity contribution in [2.75, 3.05) is 26.9 Å². The lowest BCUT2D eigenvalue weighted by atomic mass is 10.1. The summed E-state index contributed by atoms with van der Waals surface area (Å²) in [6.07, 6.45) is 2.29. The number of nitrogens with two attached hydrogens (primary N) is 1. The minimum absolute atomic E-state index is 0.0526.